The lowest BCUT2D eigenvalue weighted by Crippen LogP contribution is -2.48. The zero-order valence-electron chi connectivity index (χ0n) is 11.5. The van der Waals surface area contributed by atoms with Gasteiger partial charge >= 0.3 is 0 Å². The lowest BCUT2D eigenvalue weighted by Gasteiger charge is -2.34. The summed E-state index contributed by atoms with van der Waals surface area (Å²) in [4.78, 5) is 21.3. The van der Waals surface area contributed by atoms with Crippen molar-refractivity contribution >= 4 is 17.2 Å². The van der Waals surface area contributed by atoms with Crippen LogP contribution in [0.3, 0.4) is 0 Å². The van der Waals surface area contributed by atoms with Crippen molar-refractivity contribution in [2.24, 2.45) is 0 Å². The number of halogens is 1. The second kappa shape index (κ2) is 6.32. The first-order valence-corrected chi connectivity index (χ1v) is 7.76. The summed E-state index contributed by atoms with van der Waals surface area (Å²) in [6.07, 6.45) is 1.30. The zero-order chi connectivity index (χ0) is 14.7. The molecular formula is C15H16FN3OS. The molecule has 21 heavy (non-hydrogen) atoms. The van der Waals surface area contributed by atoms with Crippen LogP contribution in [0.2, 0.25) is 0 Å². The number of carbonyl (C=O) groups is 1. The molecule has 0 N–H and O–H groups in total. The minimum atomic E-state index is -0.563. The first-order valence-electron chi connectivity index (χ1n) is 6.88. The molecule has 6 heteroatoms. The van der Waals surface area contributed by atoms with Crippen LogP contribution in [-0.2, 0) is 6.54 Å². The fourth-order valence-electron chi connectivity index (χ4n) is 2.42. The molecule has 0 radical (unpaired) electrons. The summed E-state index contributed by atoms with van der Waals surface area (Å²) in [6.45, 7) is 4.05. The molecule has 110 valence electrons. The molecule has 0 bridgehead atoms. The van der Waals surface area contributed by atoms with Gasteiger partial charge < -0.3 is 4.90 Å². The van der Waals surface area contributed by atoms with E-state index in [2.05, 4.69) is 27.4 Å². The van der Waals surface area contributed by atoms with E-state index < -0.39 is 5.95 Å². The Bertz CT molecular complexity index is 592. The SMILES string of the molecule is O=C(c1ccc(F)nc1)N1CCN(Cc2cccs2)CC1. The Labute approximate surface area is 126 Å². The Kier molecular flexibility index (Phi) is 4.26. The number of amides is 1. The average Bonchev–Trinajstić information content (AvgIpc) is 3.01. The fourth-order valence-corrected chi connectivity index (χ4v) is 3.16. The third-order valence-corrected chi connectivity index (χ3v) is 4.45. The molecule has 0 unspecified atom stereocenters. The van der Waals surface area contributed by atoms with Gasteiger partial charge in [0.25, 0.3) is 5.91 Å². The van der Waals surface area contributed by atoms with Crippen LogP contribution < -0.4 is 0 Å². The van der Waals surface area contributed by atoms with E-state index in [1.54, 1.807) is 16.2 Å². The number of nitrogens with zero attached hydrogens (tertiary/aromatic N) is 3. The number of rotatable bonds is 3. The van der Waals surface area contributed by atoms with E-state index in [9.17, 15) is 9.18 Å². The van der Waals surface area contributed by atoms with Crippen molar-refractivity contribution in [2.45, 2.75) is 6.54 Å². The molecule has 0 spiro atoms. The van der Waals surface area contributed by atoms with Gasteiger partial charge in [0.15, 0.2) is 0 Å². The summed E-state index contributed by atoms with van der Waals surface area (Å²) in [7, 11) is 0. The van der Waals surface area contributed by atoms with Crippen LogP contribution in [0.5, 0.6) is 0 Å². The van der Waals surface area contributed by atoms with Crippen molar-refractivity contribution in [1.29, 1.82) is 0 Å². The zero-order valence-corrected chi connectivity index (χ0v) is 12.4. The highest BCUT2D eigenvalue weighted by Crippen LogP contribution is 2.14. The summed E-state index contributed by atoms with van der Waals surface area (Å²) in [6, 6.07) is 6.90. The van der Waals surface area contributed by atoms with Gasteiger partial charge in [-0.15, -0.1) is 11.3 Å². The standard InChI is InChI=1S/C15H16FN3OS/c16-14-4-3-12(10-17-14)15(20)19-7-5-18(6-8-19)11-13-2-1-9-21-13/h1-4,9-10H,5-8,11H2. The van der Waals surface area contributed by atoms with E-state index in [0.29, 0.717) is 18.7 Å². The lowest BCUT2D eigenvalue weighted by molar-refractivity contribution is 0.0629. The van der Waals surface area contributed by atoms with Crippen molar-refractivity contribution in [3.05, 3.63) is 52.2 Å². The average molecular weight is 305 g/mol. The quantitative estimate of drug-likeness (QED) is 0.816. The Morgan fingerprint density at radius 2 is 2.05 bits per heavy atom. The molecule has 1 saturated heterocycles. The molecule has 1 amide bonds. The molecule has 0 saturated carbocycles. The smallest absolute Gasteiger partial charge is 0.255 e. The van der Waals surface area contributed by atoms with E-state index >= 15 is 0 Å². The highest BCUT2D eigenvalue weighted by molar-refractivity contribution is 7.09. The Morgan fingerprint density at radius 1 is 1.24 bits per heavy atom. The van der Waals surface area contributed by atoms with Crippen LogP contribution >= 0.6 is 11.3 Å². The summed E-state index contributed by atoms with van der Waals surface area (Å²) in [5.41, 5.74) is 0.447. The van der Waals surface area contributed by atoms with E-state index in [4.69, 9.17) is 0 Å². The Balaban J connectivity index is 1.55. The summed E-state index contributed by atoms with van der Waals surface area (Å²) in [5, 5.41) is 2.08. The van der Waals surface area contributed by atoms with Gasteiger partial charge in [-0.05, 0) is 23.6 Å². The summed E-state index contributed by atoms with van der Waals surface area (Å²) < 4.78 is 12.8. The molecule has 3 heterocycles. The minimum absolute atomic E-state index is 0.0710. The number of carbonyl (C=O) groups excluding carboxylic acids is 1. The number of aromatic nitrogens is 1. The van der Waals surface area contributed by atoms with Gasteiger partial charge in [-0.3, -0.25) is 9.69 Å². The molecule has 3 rings (SSSR count). The molecule has 1 aliphatic heterocycles. The van der Waals surface area contributed by atoms with Crippen LogP contribution in [0.4, 0.5) is 4.39 Å². The number of thiophene rings is 1. The molecular weight excluding hydrogens is 289 g/mol. The first kappa shape index (κ1) is 14.2. The third-order valence-electron chi connectivity index (χ3n) is 3.59. The van der Waals surface area contributed by atoms with E-state index in [1.165, 1.54) is 23.2 Å². The van der Waals surface area contributed by atoms with Crippen LogP contribution in [0.1, 0.15) is 15.2 Å². The molecule has 0 aliphatic carbocycles. The van der Waals surface area contributed by atoms with Crippen LogP contribution in [0, 0.1) is 5.95 Å². The van der Waals surface area contributed by atoms with Crippen LogP contribution in [0.25, 0.3) is 0 Å². The van der Waals surface area contributed by atoms with Crippen LogP contribution in [0.15, 0.2) is 35.8 Å². The molecule has 1 aliphatic rings. The number of hydrogen-bond acceptors (Lipinski definition) is 4. The molecule has 1 fully saturated rings. The van der Waals surface area contributed by atoms with Crippen molar-refractivity contribution < 1.29 is 9.18 Å². The summed E-state index contributed by atoms with van der Waals surface area (Å²) in [5.74, 6) is -0.634. The molecule has 2 aromatic heterocycles. The second-order valence-electron chi connectivity index (χ2n) is 5.02. The molecule has 4 nitrogen and oxygen atoms in total. The Morgan fingerprint density at radius 3 is 2.67 bits per heavy atom. The highest BCUT2D eigenvalue weighted by atomic mass is 32.1. The third kappa shape index (κ3) is 3.46. The van der Waals surface area contributed by atoms with Crippen molar-refractivity contribution in [3.63, 3.8) is 0 Å². The minimum Gasteiger partial charge on any atom is -0.336 e. The van der Waals surface area contributed by atoms with Gasteiger partial charge in [-0.25, -0.2) is 4.98 Å². The van der Waals surface area contributed by atoms with Gasteiger partial charge in [0.05, 0.1) is 5.56 Å². The van der Waals surface area contributed by atoms with Gasteiger partial charge in [-0.1, -0.05) is 6.07 Å². The van der Waals surface area contributed by atoms with Crippen molar-refractivity contribution in [1.82, 2.24) is 14.8 Å². The Hall–Kier alpha value is -1.79. The van der Waals surface area contributed by atoms with Crippen molar-refractivity contribution in [2.75, 3.05) is 26.2 Å². The molecule has 2 aromatic rings. The molecule has 0 atom stereocenters. The number of pyridine rings is 1. The largest absolute Gasteiger partial charge is 0.336 e. The lowest BCUT2D eigenvalue weighted by atomic mass is 10.2. The normalized spacial score (nSPS) is 16.1. The van der Waals surface area contributed by atoms with Gasteiger partial charge in [0.2, 0.25) is 5.95 Å². The maximum absolute atomic E-state index is 12.8. The van der Waals surface area contributed by atoms with Gasteiger partial charge in [0.1, 0.15) is 0 Å². The predicted molar refractivity (Wildman–Crippen MR) is 79.7 cm³/mol. The van der Waals surface area contributed by atoms with E-state index in [-0.39, 0.29) is 5.91 Å². The van der Waals surface area contributed by atoms with Crippen molar-refractivity contribution in [3.8, 4) is 0 Å². The first-order chi connectivity index (χ1) is 10.2. The number of hydrogen-bond donors (Lipinski definition) is 0. The van der Waals surface area contributed by atoms with Crippen LogP contribution in [-0.4, -0.2) is 46.9 Å². The number of piperazine rings is 1. The highest BCUT2D eigenvalue weighted by Gasteiger charge is 2.22. The molecule has 0 aromatic carbocycles. The van der Waals surface area contributed by atoms with E-state index in [0.717, 1.165) is 19.6 Å². The van der Waals surface area contributed by atoms with Gasteiger partial charge in [0, 0.05) is 43.8 Å². The van der Waals surface area contributed by atoms with E-state index in [1.807, 2.05) is 0 Å². The maximum Gasteiger partial charge on any atom is 0.255 e. The maximum atomic E-state index is 12.8. The second-order valence-corrected chi connectivity index (χ2v) is 6.05. The topological polar surface area (TPSA) is 36.4 Å². The van der Waals surface area contributed by atoms with Gasteiger partial charge in [-0.2, -0.15) is 4.39 Å². The predicted octanol–water partition coefficient (Wildman–Crippen LogP) is 2.24. The monoisotopic (exact) mass is 305 g/mol. The summed E-state index contributed by atoms with van der Waals surface area (Å²) >= 11 is 1.76. The fraction of sp³-hybridized carbons (Fsp3) is 0.333.